The van der Waals surface area contributed by atoms with Gasteiger partial charge in [-0.15, -0.1) is 0 Å². The van der Waals surface area contributed by atoms with E-state index in [9.17, 15) is 28.2 Å². The molecule has 61 heavy (non-hydrogen) atoms. The largest absolute Gasteiger partial charge is 0.465 e. The summed E-state index contributed by atoms with van der Waals surface area (Å²) in [6, 6.07) is 13.7. The van der Waals surface area contributed by atoms with Crippen LogP contribution in [0.15, 0.2) is 132 Å². The van der Waals surface area contributed by atoms with Gasteiger partial charge in [0.1, 0.15) is 0 Å². The van der Waals surface area contributed by atoms with Gasteiger partial charge in [0, 0.05) is 31.1 Å². The second-order valence-corrected chi connectivity index (χ2v) is 17.8. The first kappa shape index (κ1) is 49.1. The lowest BCUT2D eigenvalue weighted by Crippen LogP contribution is -2.57. The van der Waals surface area contributed by atoms with Crippen LogP contribution >= 0.6 is 0 Å². The standard InChI is InChI=1S/C49H67N3O8S/c1-4-5-6-7-8-9-10-11-12-13-14-15-16-17-18-19-20-21-25-28-47(54)50-41-29-31-42(32-30-41)61(57,58)51(36-39(2)3)37-46(53)44(35-40-26-23-22-24-27-40)52(49(55)56)45-38-60-48-43(45)33-34-59-48/h5-6,8-9,11-12,14-15,17-18,20-24,26-27,29-32,39,43-46,48,53H,4,7,10,13,16,19,25,28,33-38H2,1-3H3,(H,50,54)(H,55,56)/t43-,44-,45-,46+,48+/m0/s1. The number of sulfonamides is 1. The highest BCUT2D eigenvalue weighted by molar-refractivity contribution is 7.89. The van der Waals surface area contributed by atoms with E-state index < -0.39 is 40.6 Å². The highest BCUT2D eigenvalue weighted by Crippen LogP contribution is 2.36. The van der Waals surface area contributed by atoms with E-state index in [0.717, 1.165) is 44.1 Å². The van der Waals surface area contributed by atoms with Crippen LogP contribution in [0, 0.1) is 11.8 Å². The Hall–Kier alpha value is -4.59. The SMILES string of the molecule is CCC=CCC=CCC=CCC=CCC=CCC=CCCC(=O)Nc1ccc(S(=O)(=O)N(CC(C)C)C[C@@H](O)[C@H](Cc2ccccc2)N(C(=O)O)[C@H]2CO[C@H]3OCC[C@H]32)cc1. The number of nitrogens with zero attached hydrogens (tertiary/aromatic N) is 2. The van der Waals surface area contributed by atoms with Crippen LogP contribution in [0.1, 0.15) is 84.1 Å². The molecule has 2 amide bonds. The third kappa shape index (κ3) is 16.7. The van der Waals surface area contributed by atoms with Crippen molar-refractivity contribution < 1.29 is 37.7 Å². The zero-order valence-electron chi connectivity index (χ0n) is 36.1. The predicted molar refractivity (Wildman–Crippen MR) is 244 cm³/mol. The van der Waals surface area contributed by atoms with E-state index in [1.165, 1.54) is 21.3 Å². The topological polar surface area (TPSA) is 146 Å². The lowest BCUT2D eigenvalue weighted by Gasteiger charge is -2.39. The summed E-state index contributed by atoms with van der Waals surface area (Å²) in [5.74, 6) is -0.465. The molecule has 2 aliphatic rings. The van der Waals surface area contributed by atoms with E-state index in [4.69, 9.17) is 9.47 Å². The molecule has 2 aliphatic heterocycles. The van der Waals surface area contributed by atoms with Crippen LogP contribution in [0.5, 0.6) is 0 Å². The van der Waals surface area contributed by atoms with Gasteiger partial charge < -0.3 is 25.0 Å². The molecule has 0 unspecified atom stereocenters. The molecule has 5 atom stereocenters. The Balaban J connectivity index is 1.27. The number of rotatable bonds is 26. The number of carbonyl (C=O) groups excluding carboxylic acids is 1. The van der Waals surface area contributed by atoms with Crippen molar-refractivity contribution in [3.63, 3.8) is 0 Å². The van der Waals surface area contributed by atoms with Crippen LogP contribution in [-0.2, 0) is 30.7 Å². The van der Waals surface area contributed by atoms with Gasteiger partial charge in [0.15, 0.2) is 6.29 Å². The quantitative estimate of drug-likeness (QED) is 0.0794. The number of hydrogen-bond donors (Lipinski definition) is 3. The van der Waals surface area contributed by atoms with E-state index in [-0.39, 0.29) is 55.2 Å². The molecule has 2 fully saturated rings. The smallest absolute Gasteiger partial charge is 0.407 e. The summed E-state index contributed by atoms with van der Waals surface area (Å²) < 4.78 is 41.0. The van der Waals surface area contributed by atoms with E-state index in [1.807, 2.05) is 56.3 Å². The number of aliphatic hydroxyl groups excluding tert-OH is 1. The molecule has 2 heterocycles. The summed E-state index contributed by atoms with van der Waals surface area (Å²) in [6.45, 7) is 6.26. The second kappa shape index (κ2) is 26.7. The minimum Gasteiger partial charge on any atom is -0.465 e. The second-order valence-electron chi connectivity index (χ2n) is 15.8. The third-order valence-electron chi connectivity index (χ3n) is 10.5. The van der Waals surface area contributed by atoms with Crippen LogP contribution < -0.4 is 5.32 Å². The average molecular weight is 858 g/mol. The summed E-state index contributed by atoms with van der Waals surface area (Å²) in [6.07, 6.45) is 29.8. The molecule has 4 rings (SSSR count). The first-order chi connectivity index (χ1) is 29.5. The molecule has 0 aromatic heterocycles. The van der Waals surface area contributed by atoms with Crippen molar-refractivity contribution in [3.8, 4) is 0 Å². The first-order valence-corrected chi connectivity index (χ1v) is 23.2. The van der Waals surface area contributed by atoms with E-state index in [0.29, 0.717) is 25.1 Å². The molecule has 2 aromatic carbocycles. The number of carboxylic acid groups (broad SMARTS) is 1. The van der Waals surface area contributed by atoms with Crippen LogP contribution in [0.2, 0.25) is 0 Å². The Morgan fingerprint density at radius 2 is 1.38 bits per heavy atom. The minimum atomic E-state index is -4.14. The zero-order valence-corrected chi connectivity index (χ0v) is 37.0. The number of anilines is 1. The van der Waals surface area contributed by atoms with Crippen molar-refractivity contribution in [1.29, 1.82) is 0 Å². The predicted octanol–water partition coefficient (Wildman–Crippen LogP) is 9.46. The van der Waals surface area contributed by atoms with Crippen molar-refractivity contribution in [2.24, 2.45) is 11.8 Å². The molecule has 332 valence electrons. The summed E-state index contributed by atoms with van der Waals surface area (Å²) in [5, 5.41) is 25.3. The van der Waals surface area contributed by atoms with Gasteiger partial charge in [-0.1, -0.05) is 124 Å². The number of ether oxygens (including phenoxy) is 2. The number of hydrogen-bond acceptors (Lipinski definition) is 7. The first-order valence-electron chi connectivity index (χ1n) is 21.8. The Morgan fingerprint density at radius 1 is 0.803 bits per heavy atom. The number of aliphatic hydroxyl groups is 1. The van der Waals surface area contributed by atoms with Crippen LogP contribution in [0.25, 0.3) is 0 Å². The van der Waals surface area contributed by atoms with Gasteiger partial charge in [0.05, 0.1) is 36.3 Å². The van der Waals surface area contributed by atoms with Crippen molar-refractivity contribution in [3.05, 3.63) is 133 Å². The van der Waals surface area contributed by atoms with Crippen LogP contribution in [-0.4, -0.2) is 90.6 Å². The molecular weight excluding hydrogens is 791 g/mol. The fraction of sp³-hybridized carbons (Fsp3) is 0.469. The normalized spacial score (nSPS) is 19.5. The van der Waals surface area contributed by atoms with Gasteiger partial charge in [-0.05, 0) is 93.5 Å². The number of fused-ring (bicyclic) bond motifs is 1. The molecule has 0 spiro atoms. The minimum absolute atomic E-state index is 0.00108. The van der Waals surface area contributed by atoms with Crippen molar-refractivity contribution in [2.75, 3.05) is 31.6 Å². The molecule has 11 nitrogen and oxygen atoms in total. The molecule has 2 aromatic rings. The van der Waals surface area contributed by atoms with Gasteiger partial charge in [0.25, 0.3) is 0 Å². The highest BCUT2D eigenvalue weighted by Gasteiger charge is 2.49. The molecule has 12 heteroatoms. The van der Waals surface area contributed by atoms with Gasteiger partial charge in [0.2, 0.25) is 15.9 Å². The van der Waals surface area contributed by atoms with E-state index in [1.54, 1.807) is 12.1 Å². The van der Waals surface area contributed by atoms with Gasteiger partial charge >= 0.3 is 6.09 Å². The Bertz CT molecular complexity index is 1910. The fourth-order valence-electron chi connectivity index (χ4n) is 7.48. The summed E-state index contributed by atoms with van der Waals surface area (Å²) >= 11 is 0. The lowest BCUT2D eigenvalue weighted by atomic mass is 9.93. The summed E-state index contributed by atoms with van der Waals surface area (Å²) in [5.41, 5.74) is 1.28. The molecule has 3 N–H and O–H groups in total. The maximum atomic E-state index is 14.2. The van der Waals surface area contributed by atoms with Crippen LogP contribution in [0.3, 0.4) is 0 Å². The number of allylic oxidation sites excluding steroid dienone is 12. The molecule has 0 radical (unpaired) electrons. The Morgan fingerprint density at radius 3 is 1.93 bits per heavy atom. The zero-order chi connectivity index (χ0) is 43.9. The monoisotopic (exact) mass is 857 g/mol. The Kier molecular flexibility index (Phi) is 21.5. The third-order valence-corrected chi connectivity index (χ3v) is 12.4. The van der Waals surface area contributed by atoms with Gasteiger partial charge in [-0.3, -0.25) is 9.69 Å². The number of amides is 2. The number of carbonyl (C=O) groups is 2. The number of benzene rings is 2. The number of nitrogens with one attached hydrogen (secondary N) is 1. The van der Waals surface area contributed by atoms with Crippen molar-refractivity contribution in [1.82, 2.24) is 9.21 Å². The van der Waals surface area contributed by atoms with Gasteiger partial charge in [-0.25, -0.2) is 13.2 Å². The summed E-state index contributed by atoms with van der Waals surface area (Å²) in [7, 11) is -4.14. The molecule has 0 aliphatic carbocycles. The van der Waals surface area contributed by atoms with E-state index >= 15 is 0 Å². The fourth-order valence-corrected chi connectivity index (χ4v) is 9.10. The maximum absolute atomic E-state index is 14.2. The molecule has 0 saturated carbocycles. The molecule has 2 saturated heterocycles. The lowest BCUT2D eigenvalue weighted by molar-refractivity contribution is -0.116. The summed E-state index contributed by atoms with van der Waals surface area (Å²) in [4.78, 5) is 26.9. The Labute approximate surface area is 364 Å². The van der Waals surface area contributed by atoms with Gasteiger partial charge in [-0.2, -0.15) is 4.31 Å². The van der Waals surface area contributed by atoms with Crippen molar-refractivity contribution >= 4 is 27.7 Å². The molecule has 0 bridgehead atoms. The maximum Gasteiger partial charge on any atom is 0.407 e. The molecular formula is C49H67N3O8S. The average Bonchev–Trinajstić information content (AvgIpc) is 3.87. The van der Waals surface area contributed by atoms with E-state index in [2.05, 4.69) is 73.0 Å². The van der Waals surface area contributed by atoms with Crippen molar-refractivity contribution in [2.45, 2.75) is 114 Å². The van der Waals surface area contributed by atoms with Crippen LogP contribution in [0.4, 0.5) is 10.5 Å². The highest BCUT2D eigenvalue weighted by atomic mass is 32.2.